The van der Waals surface area contributed by atoms with Crippen LogP contribution in [0.4, 0.5) is 0 Å². The Bertz CT molecular complexity index is 419. The fourth-order valence-corrected chi connectivity index (χ4v) is 2.01. The minimum absolute atomic E-state index is 0.0703. The molecule has 0 fully saturated rings. The maximum atomic E-state index is 12.0. The van der Waals surface area contributed by atoms with Crippen molar-refractivity contribution in [3.63, 3.8) is 0 Å². The second-order valence-electron chi connectivity index (χ2n) is 4.66. The molecule has 4 heteroatoms. The lowest BCUT2D eigenvalue weighted by Crippen LogP contribution is -2.35. The lowest BCUT2D eigenvalue weighted by atomic mass is 10.1. The quantitative estimate of drug-likeness (QED) is 0.793. The first kappa shape index (κ1) is 15.5. The van der Waals surface area contributed by atoms with Gasteiger partial charge in [-0.25, -0.2) is 0 Å². The number of benzene rings is 1. The number of hydrogen-bond donors (Lipinski definition) is 2. The van der Waals surface area contributed by atoms with Crippen LogP contribution in [0.15, 0.2) is 18.2 Å². The fourth-order valence-electron chi connectivity index (χ4n) is 2.01. The number of hydrogen-bond acceptors (Lipinski definition) is 3. The van der Waals surface area contributed by atoms with Gasteiger partial charge in [0.15, 0.2) is 0 Å². The van der Waals surface area contributed by atoms with Crippen molar-refractivity contribution in [2.45, 2.75) is 27.2 Å². The van der Waals surface area contributed by atoms with Gasteiger partial charge in [-0.05, 0) is 38.1 Å². The molecule has 0 aliphatic rings. The van der Waals surface area contributed by atoms with E-state index in [9.17, 15) is 9.90 Å². The van der Waals surface area contributed by atoms with Crippen LogP contribution >= 0.6 is 0 Å². The molecule has 0 aliphatic carbocycles. The fraction of sp³-hybridized carbons (Fsp3) is 0.533. The third-order valence-corrected chi connectivity index (χ3v) is 3.18. The molecule has 1 aromatic carbocycles. The zero-order valence-corrected chi connectivity index (χ0v) is 12.1. The largest absolute Gasteiger partial charge is 0.507 e. The summed E-state index contributed by atoms with van der Waals surface area (Å²) in [6.45, 7) is 9.51. The van der Waals surface area contributed by atoms with E-state index in [0.717, 1.165) is 26.1 Å². The highest BCUT2D eigenvalue weighted by Gasteiger charge is 2.12. The van der Waals surface area contributed by atoms with Crippen molar-refractivity contribution in [1.82, 2.24) is 10.2 Å². The Morgan fingerprint density at radius 2 is 2.05 bits per heavy atom. The van der Waals surface area contributed by atoms with Crippen molar-refractivity contribution in [3.05, 3.63) is 29.3 Å². The summed E-state index contributed by atoms with van der Waals surface area (Å²) >= 11 is 0. The molecule has 0 atom stereocenters. The number of phenols is 1. The molecule has 2 N–H and O–H groups in total. The third kappa shape index (κ3) is 4.56. The van der Waals surface area contributed by atoms with Crippen molar-refractivity contribution in [2.24, 2.45) is 0 Å². The molecule has 0 aromatic heterocycles. The molecular formula is C15H24N2O2. The molecule has 0 spiro atoms. The Labute approximate surface area is 115 Å². The first-order chi connectivity index (χ1) is 9.10. The normalized spacial score (nSPS) is 10.7. The maximum Gasteiger partial charge on any atom is 0.255 e. The molecule has 1 amide bonds. The van der Waals surface area contributed by atoms with Crippen LogP contribution in [0.1, 0.15) is 36.2 Å². The van der Waals surface area contributed by atoms with Crippen LogP contribution in [0.5, 0.6) is 5.75 Å². The molecule has 106 valence electrons. The topological polar surface area (TPSA) is 52.6 Å². The van der Waals surface area contributed by atoms with Crippen LogP contribution in [-0.4, -0.2) is 42.1 Å². The minimum atomic E-state index is -0.214. The number of rotatable bonds is 7. The summed E-state index contributed by atoms with van der Waals surface area (Å²) in [5, 5.41) is 12.7. The number of carbonyl (C=O) groups is 1. The van der Waals surface area contributed by atoms with Crippen molar-refractivity contribution >= 4 is 5.91 Å². The lowest BCUT2D eigenvalue weighted by Gasteiger charge is -2.19. The lowest BCUT2D eigenvalue weighted by molar-refractivity contribution is 0.0946. The van der Waals surface area contributed by atoms with Crippen molar-refractivity contribution in [1.29, 1.82) is 0 Å². The van der Waals surface area contributed by atoms with Crippen LogP contribution in [0.25, 0.3) is 0 Å². The van der Waals surface area contributed by atoms with Gasteiger partial charge in [-0.2, -0.15) is 0 Å². The molecule has 0 unspecified atom stereocenters. The van der Waals surface area contributed by atoms with Crippen LogP contribution in [0.3, 0.4) is 0 Å². The molecule has 0 radical (unpaired) electrons. The molecular weight excluding hydrogens is 240 g/mol. The summed E-state index contributed by atoms with van der Waals surface area (Å²) < 4.78 is 0. The molecule has 0 saturated carbocycles. The predicted molar refractivity (Wildman–Crippen MR) is 77.6 cm³/mol. The van der Waals surface area contributed by atoms with Crippen LogP contribution in [-0.2, 0) is 0 Å². The van der Waals surface area contributed by atoms with Gasteiger partial charge in [-0.15, -0.1) is 0 Å². The minimum Gasteiger partial charge on any atom is -0.507 e. The number of likely N-dealkylation sites (N-methyl/N-ethyl adjacent to an activating group) is 1. The summed E-state index contributed by atoms with van der Waals surface area (Å²) in [5.41, 5.74) is 1.06. The summed E-state index contributed by atoms with van der Waals surface area (Å²) in [6.07, 6.45) is 1.11. The number of phenolic OH excluding ortho intramolecular Hbond substituents is 1. The van der Waals surface area contributed by atoms with Gasteiger partial charge in [0, 0.05) is 13.1 Å². The van der Waals surface area contributed by atoms with E-state index < -0.39 is 0 Å². The highest BCUT2D eigenvalue weighted by Crippen LogP contribution is 2.20. The van der Waals surface area contributed by atoms with E-state index in [2.05, 4.69) is 24.1 Å². The number of nitrogens with zero attached hydrogens (tertiary/aromatic N) is 1. The van der Waals surface area contributed by atoms with Gasteiger partial charge in [-0.3, -0.25) is 4.79 Å². The molecule has 1 rings (SSSR count). The molecule has 0 heterocycles. The van der Waals surface area contributed by atoms with Crippen molar-refractivity contribution in [2.75, 3.05) is 26.2 Å². The standard InChI is InChI=1S/C15H24N2O2/c1-4-10-17(5-2)11-9-16-15(19)13-8-6-7-12(3)14(13)18/h6-8,18H,4-5,9-11H2,1-3H3,(H,16,19). The Kier molecular flexibility index (Phi) is 6.36. The van der Waals surface area contributed by atoms with Gasteiger partial charge in [0.25, 0.3) is 5.91 Å². The second kappa shape index (κ2) is 7.79. The zero-order chi connectivity index (χ0) is 14.3. The Hall–Kier alpha value is -1.55. The average Bonchev–Trinajstić information content (AvgIpc) is 2.40. The number of aryl methyl sites for hydroxylation is 1. The summed E-state index contributed by atoms with van der Waals surface area (Å²) in [7, 11) is 0. The first-order valence-electron chi connectivity index (χ1n) is 6.89. The summed E-state index contributed by atoms with van der Waals surface area (Å²) in [4.78, 5) is 14.2. The molecule has 0 saturated heterocycles. The van der Waals surface area contributed by atoms with E-state index in [1.165, 1.54) is 0 Å². The Morgan fingerprint density at radius 3 is 2.68 bits per heavy atom. The third-order valence-electron chi connectivity index (χ3n) is 3.18. The van der Waals surface area contributed by atoms with E-state index in [1.54, 1.807) is 25.1 Å². The molecule has 19 heavy (non-hydrogen) atoms. The summed E-state index contributed by atoms with van der Waals surface area (Å²) in [6, 6.07) is 5.20. The molecule has 4 nitrogen and oxygen atoms in total. The van der Waals surface area contributed by atoms with Gasteiger partial charge in [-0.1, -0.05) is 26.0 Å². The SMILES string of the molecule is CCCN(CC)CCNC(=O)c1cccc(C)c1O. The Morgan fingerprint density at radius 1 is 1.32 bits per heavy atom. The molecule has 0 bridgehead atoms. The number of nitrogens with one attached hydrogen (secondary N) is 1. The number of carbonyl (C=O) groups excluding carboxylic acids is 1. The van der Waals surface area contributed by atoms with Gasteiger partial charge in [0.1, 0.15) is 5.75 Å². The summed E-state index contributed by atoms with van der Waals surface area (Å²) in [5.74, 6) is -0.144. The first-order valence-corrected chi connectivity index (χ1v) is 6.89. The van der Waals surface area contributed by atoms with Crippen molar-refractivity contribution in [3.8, 4) is 5.75 Å². The van der Waals surface area contributed by atoms with E-state index >= 15 is 0 Å². The number of aromatic hydroxyl groups is 1. The molecule has 1 aromatic rings. The predicted octanol–water partition coefficient (Wildman–Crippen LogP) is 2.16. The van der Waals surface area contributed by atoms with Crippen LogP contribution in [0, 0.1) is 6.92 Å². The highest BCUT2D eigenvalue weighted by atomic mass is 16.3. The van der Waals surface area contributed by atoms with E-state index in [1.807, 2.05) is 0 Å². The van der Waals surface area contributed by atoms with Gasteiger partial charge in [0.05, 0.1) is 5.56 Å². The molecule has 0 aliphatic heterocycles. The van der Waals surface area contributed by atoms with Crippen LogP contribution in [0.2, 0.25) is 0 Å². The number of amides is 1. The van der Waals surface area contributed by atoms with Gasteiger partial charge < -0.3 is 15.3 Å². The monoisotopic (exact) mass is 264 g/mol. The maximum absolute atomic E-state index is 12.0. The smallest absolute Gasteiger partial charge is 0.255 e. The van der Waals surface area contributed by atoms with E-state index in [4.69, 9.17) is 0 Å². The Balaban J connectivity index is 2.49. The van der Waals surface area contributed by atoms with E-state index in [0.29, 0.717) is 17.7 Å². The average molecular weight is 264 g/mol. The number of para-hydroxylation sites is 1. The van der Waals surface area contributed by atoms with Crippen LogP contribution < -0.4 is 5.32 Å². The van der Waals surface area contributed by atoms with E-state index in [-0.39, 0.29) is 11.7 Å². The van der Waals surface area contributed by atoms with Crippen molar-refractivity contribution < 1.29 is 9.90 Å². The van der Waals surface area contributed by atoms with Gasteiger partial charge in [0.2, 0.25) is 0 Å². The highest BCUT2D eigenvalue weighted by molar-refractivity contribution is 5.97. The van der Waals surface area contributed by atoms with Gasteiger partial charge >= 0.3 is 0 Å². The second-order valence-corrected chi connectivity index (χ2v) is 4.66. The zero-order valence-electron chi connectivity index (χ0n) is 12.1.